The zero-order valence-electron chi connectivity index (χ0n) is 40.2. The summed E-state index contributed by atoms with van der Waals surface area (Å²) < 4.78 is 16.7. The van der Waals surface area contributed by atoms with Crippen molar-refractivity contribution in [2.24, 2.45) is 0 Å². The van der Waals surface area contributed by atoms with Crippen LogP contribution >= 0.6 is 0 Å². The van der Waals surface area contributed by atoms with E-state index in [0.29, 0.717) is 19.3 Å². The molecule has 1 atom stereocenters. The minimum absolute atomic E-state index is 0.0913. The highest BCUT2D eigenvalue weighted by molar-refractivity contribution is 5.71. The molecular weight excluding hydrogens is 757 g/mol. The van der Waals surface area contributed by atoms with Gasteiger partial charge in [-0.3, -0.25) is 14.4 Å². The van der Waals surface area contributed by atoms with Crippen molar-refractivity contribution in [2.75, 3.05) is 13.2 Å². The highest BCUT2D eigenvalue weighted by atomic mass is 16.6. The van der Waals surface area contributed by atoms with Crippen LogP contribution in [0.4, 0.5) is 0 Å². The molecule has 0 aromatic carbocycles. The molecular formula is C55H96O6. The van der Waals surface area contributed by atoms with Gasteiger partial charge in [-0.15, -0.1) is 0 Å². The molecule has 0 radical (unpaired) electrons. The van der Waals surface area contributed by atoms with Gasteiger partial charge in [0.25, 0.3) is 0 Å². The molecule has 0 aliphatic heterocycles. The van der Waals surface area contributed by atoms with Crippen molar-refractivity contribution in [1.82, 2.24) is 0 Å². The maximum absolute atomic E-state index is 12.8. The number of ether oxygens (including phenoxy) is 3. The van der Waals surface area contributed by atoms with Crippen molar-refractivity contribution in [1.29, 1.82) is 0 Å². The van der Waals surface area contributed by atoms with Gasteiger partial charge in [0, 0.05) is 19.3 Å². The molecule has 1 unspecified atom stereocenters. The van der Waals surface area contributed by atoms with E-state index in [1.165, 1.54) is 116 Å². The third-order valence-electron chi connectivity index (χ3n) is 11.0. The number of esters is 3. The molecule has 0 saturated heterocycles. The number of rotatable bonds is 46. The van der Waals surface area contributed by atoms with E-state index < -0.39 is 6.10 Å². The van der Waals surface area contributed by atoms with E-state index in [-0.39, 0.29) is 31.1 Å². The van der Waals surface area contributed by atoms with E-state index in [0.717, 1.165) is 96.3 Å². The normalized spacial score (nSPS) is 12.5. The predicted octanol–water partition coefficient (Wildman–Crippen LogP) is 16.9. The Labute approximate surface area is 377 Å². The third kappa shape index (κ3) is 48.0. The van der Waals surface area contributed by atoms with Gasteiger partial charge in [-0.05, 0) is 96.3 Å². The first-order chi connectivity index (χ1) is 30.0. The number of hydrogen-bond donors (Lipinski definition) is 0. The Morgan fingerprint density at radius 2 is 0.607 bits per heavy atom. The zero-order valence-corrected chi connectivity index (χ0v) is 40.2. The molecule has 0 amide bonds. The smallest absolute Gasteiger partial charge is 0.306 e. The van der Waals surface area contributed by atoms with Crippen LogP contribution in [0.15, 0.2) is 60.8 Å². The van der Waals surface area contributed by atoms with Crippen LogP contribution in [0.25, 0.3) is 0 Å². The average Bonchev–Trinajstić information content (AvgIpc) is 3.26. The van der Waals surface area contributed by atoms with Crippen molar-refractivity contribution in [3.8, 4) is 0 Å². The topological polar surface area (TPSA) is 78.9 Å². The lowest BCUT2D eigenvalue weighted by Crippen LogP contribution is -2.30. The molecule has 0 aliphatic carbocycles. The fourth-order valence-corrected chi connectivity index (χ4v) is 7.08. The summed E-state index contributed by atoms with van der Waals surface area (Å²) in [5.74, 6) is -0.934. The van der Waals surface area contributed by atoms with E-state index in [1.54, 1.807) is 0 Å². The molecule has 352 valence electrons. The highest BCUT2D eigenvalue weighted by Gasteiger charge is 2.19. The second-order valence-electron chi connectivity index (χ2n) is 17.1. The second kappa shape index (κ2) is 49.8. The fraction of sp³-hybridized carbons (Fsp3) is 0.764. The van der Waals surface area contributed by atoms with Crippen LogP contribution in [-0.2, 0) is 28.6 Å². The van der Waals surface area contributed by atoms with Gasteiger partial charge in [-0.25, -0.2) is 0 Å². The van der Waals surface area contributed by atoms with E-state index in [9.17, 15) is 14.4 Å². The lowest BCUT2D eigenvalue weighted by molar-refractivity contribution is -0.167. The SMILES string of the molecule is CCCCC/C=C\CCCCCCCC(=O)OCC(COC(=O)CCCCCCC\C=C/C=C\C=C/CCCCCCC)OC(=O)CCCCC/C=C\CCCCCCCC. The van der Waals surface area contributed by atoms with Gasteiger partial charge >= 0.3 is 17.9 Å². The molecule has 0 fully saturated rings. The van der Waals surface area contributed by atoms with Gasteiger partial charge < -0.3 is 14.2 Å². The minimum Gasteiger partial charge on any atom is -0.462 e. The van der Waals surface area contributed by atoms with Crippen LogP contribution < -0.4 is 0 Å². The Morgan fingerprint density at radius 3 is 1.00 bits per heavy atom. The Morgan fingerprint density at radius 1 is 0.328 bits per heavy atom. The Kier molecular flexibility index (Phi) is 47.4. The van der Waals surface area contributed by atoms with Gasteiger partial charge in [-0.2, -0.15) is 0 Å². The van der Waals surface area contributed by atoms with E-state index in [2.05, 4.69) is 81.5 Å². The Bertz CT molecular complexity index is 1120. The number of allylic oxidation sites excluding steroid dienone is 10. The van der Waals surface area contributed by atoms with Crippen LogP contribution in [0.5, 0.6) is 0 Å². The molecule has 0 aromatic heterocycles. The number of unbranched alkanes of at least 4 members (excludes halogenated alkanes) is 27. The van der Waals surface area contributed by atoms with Gasteiger partial charge in [0.05, 0.1) is 0 Å². The summed E-state index contributed by atoms with van der Waals surface area (Å²) in [5.41, 5.74) is 0. The van der Waals surface area contributed by atoms with Crippen molar-refractivity contribution in [2.45, 2.75) is 258 Å². The zero-order chi connectivity index (χ0) is 44.4. The molecule has 0 spiro atoms. The number of carbonyl (C=O) groups excluding carboxylic acids is 3. The average molecular weight is 853 g/mol. The fourth-order valence-electron chi connectivity index (χ4n) is 7.08. The van der Waals surface area contributed by atoms with Crippen LogP contribution in [0.2, 0.25) is 0 Å². The number of hydrogen-bond acceptors (Lipinski definition) is 6. The lowest BCUT2D eigenvalue weighted by Gasteiger charge is -2.18. The van der Waals surface area contributed by atoms with Gasteiger partial charge in [0.2, 0.25) is 0 Å². The summed E-state index contributed by atoms with van der Waals surface area (Å²) in [4.78, 5) is 37.9. The standard InChI is InChI=1S/C55H96O6/c1-4-7-10-13-16-19-22-25-26-27-28-29-31-33-36-39-42-45-48-54(57)60-51-52(50-59-53(56)47-44-41-38-35-32-24-21-18-15-12-9-6-3)61-55(58)49-46-43-40-37-34-30-23-20-17-14-11-8-5-2/h18,21-22,25-30,34,52H,4-17,19-20,23-24,31-33,35-51H2,1-3H3/b21-18-,25-22-,27-26-,29-28-,34-30-. The molecule has 6 nitrogen and oxygen atoms in total. The van der Waals surface area contributed by atoms with E-state index in [1.807, 2.05) is 0 Å². The highest BCUT2D eigenvalue weighted by Crippen LogP contribution is 2.13. The van der Waals surface area contributed by atoms with Gasteiger partial charge in [0.1, 0.15) is 13.2 Å². The largest absolute Gasteiger partial charge is 0.462 e. The molecule has 0 aromatic rings. The summed E-state index contributed by atoms with van der Waals surface area (Å²) >= 11 is 0. The Balaban J connectivity index is 4.43. The maximum Gasteiger partial charge on any atom is 0.306 e. The van der Waals surface area contributed by atoms with Crippen LogP contribution in [0.1, 0.15) is 252 Å². The summed E-state index contributed by atoms with van der Waals surface area (Å²) in [6.45, 7) is 6.55. The first kappa shape index (κ1) is 58.1. The summed E-state index contributed by atoms with van der Waals surface area (Å²) in [7, 11) is 0. The maximum atomic E-state index is 12.8. The van der Waals surface area contributed by atoms with Crippen molar-refractivity contribution >= 4 is 17.9 Å². The monoisotopic (exact) mass is 853 g/mol. The van der Waals surface area contributed by atoms with E-state index in [4.69, 9.17) is 14.2 Å². The van der Waals surface area contributed by atoms with Crippen LogP contribution in [-0.4, -0.2) is 37.2 Å². The second-order valence-corrected chi connectivity index (χ2v) is 17.1. The van der Waals surface area contributed by atoms with Gasteiger partial charge in [0.15, 0.2) is 6.10 Å². The molecule has 0 aliphatic rings. The summed E-state index contributed by atoms with van der Waals surface area (Å²) in [6.07, 6.45) is 60.6. The molecule has 0 bridgehead atoms. The molecule has 0 saturated carbocycles. The number of carbonyl (C=O) groups is 3. The quantitative estimate of drug-likeness (QED) is 0.0200. The molecule has 0 N–H and O–H groups in total. The molecule has 0 rings (SSSR count). The van der Waals surface area contributed by atoms with Crippen LogP contribution in [0, 0.1) is 0 Å². The summed E-state index contributed by atoms with van der Waals surface area (Å²) in [6, 6.07) is 0. The van der Waals surface area contributed by atoms with Crippen molar-refractivity contribution in [3.63, 3.8) is 0 Å². The minimum atomic E-state index is -0.792. The van der Waals surface area contributed by atoms with Crippen LogP contribution in [0.3, 0.4) is 0 Å². The predicted molar refractivity (Wildman–Crippen MR) is 261 cm³/mol. The first-order valence-corrected chi connectivity index (χ1v) is 25.8. The Hall–Kier alpha value is -2.89. The first-order valence-electron chi connectivity index (χ1n) is 25.8. The van der Waals surface area contributed by atoms with E-state index >= 15 is 0 Å². The molecule has 6 heteroatoms. The van der Waals surface area contributed by atoms with Crippen molar-refractivity contribution in [3.05, 3.63) is 60.8 Å². The third-order valence-corrected chi connectivity index (χ3v) is 11.0. The molecule has 0 heterocycles. The van der Waals surface area contributed by atoms with Crippen molar-refractivity contribution < 1.29 is 28.6 Å². The summed E-state index contributed by atoms with van der Waals surface area (Å²) in [5, 5.41) is 0. The van der Waals surface area contributed by atoms with Gasteiger partial charge in [-0.1, -0.05) is 197 Å². The molecule has 61 heavy (non-hydrogen) atoms. The lowest BCUT2D eigenvalue weighted by atomic mass is 10.1.